The highest BCUT2D eigenvalue weighted by molar-refractivity contribution is 5.73. The standard InChI is InChI=1S/C24H38N2O3/c1-6-19-9-10-20(29-5)16-21(19)24(11-14-25(4)18(3)17(24)2)12-15-26-13-7-8-22(26)23(27)28/h9-10,16-18,22H,6-8,11-15H2,1-5H3,(H,27,28)/t17-,18?,22+,24?/m0/s1. The second-order valence-corrected chi connectivity index (χ2v) is 9.07. The zero-order chi connectivity index (χ0) is 21.2. The van der Waals surface area contributed by atoms with Crippen molar-refractivity contribution in [1.82, 2.24) is 9.80 Å². The highest BCUT2D eigenvalue weighted by Crippen LogP contribution is 2.47. The zero-order valence-corrected chi connectivity index (χ0v) is 18.8. The highest BCUT2D eigenvalue weighted by Gasteiger charge is 2.46. The Morgan fingerprint density at radius 3 is 2.72 bits per heavy atom. The third-order valence-corrected chi connectivity index (χ3v) is 7.93. The summed E-state index contributed by atoms with van der Waals surface area (Å²) in [6.45, 7) is 9.75. The Kier molecular flexibility index (Phi) is 6.90. The van der Waals surface area contributed by atoms with E-state index in [1.54, 1.807) is 7.11 Å². The van der Waals surface area contributed by atoms with Gasteiger partial charge in [0.05, 0.1) is 7.11 Å². The predicted octanol–water partition coefficient (Wildman–Crippen LogP) is 3.79. The average Bonchev–Trinajstić information content (AvgIpc) is 3.20. The summed E-state index contributed by atoms with van der Waals surface area (Å²) in [4.78, 5) is 16.4. The molecule has 0 saturated carbocycles. The molecule has 2 heterocycles. The second-order valence-electron chi connectivity index (χ2n) is 9.07. The number of aliphatic carboxylic acids is 1. The van der Waals surface area contributed by atoms with E-state index in [1.807, 2.05) is 0 Å². The van der Waals surface area contributed by atoms with Crippen molar-refractivity contribution in [2.45, 2.75) is 70.4 Å². The first-order chi connectivity index (χ1) is 13.8. The van der Waals surface area contributed by atoms with Gasteiger partial charge in [0.25, 0.3) is 0 Å². The maximum Gasteiger partial charge on any atom is 0.320 e. The first kappa shape index (κ1) is 22.1. The van der Waals surface area contributed by atoms with Crippen LogP contribution in [-0.4, -0.2) is 66.8 Å². The average molecular weight is 403 g/mol. The Hall–Kier alpha value is -1.59. The molecule has 2 saturated heterocycles. The van der Waals surface area contributed by atoms with Gasteiger partial charge in [-0.3, -0.25) is 9.69 Å². The van der Waals surface area contributed by atoms with Crippen LogP contribution in [0.3, 0.4) is 0 Å². The number of benzene rings is 1. The van der Waals surface area contributed by atoms with Crippen LogP contribution >= 0.6 is 0 Å². The van der Waals surface area contributed by atoms with Crippen LogP contribution in [0, 0.1) is 5.92 Å². The van der Waals surface area contributed by atoms with E-state index in [9.17, 15) is 9.90 Å². The van der Waals surface area contributed by atoms with Gasteiger partial charge in [-0.25, -0.2) is 0 Å². The fourth-order valence-electron chi connectivity index (χ4n) is 5.69. The predicted molar refractivity (Wildman–Crippen MR) is 117 cm³/mol. The lowest BCUT2D eigenvalue weighted by Gasteiger charge is -2.51. The van der Waals surface area contributed by atoms with E-state index in [2.05, 4.69) is 55.8 Å². The molecule has 3 rings (SSSR count). The Morgan fingerprint density at radius 1 is 1.31 bits per heavy atom. The van der Waals surface area contributed by atoms with Crippen LogP contribution in [0.1, 0.15) is 57.6 Å². The van der Waals surface area contributed by atoms with E-state index in [0.717, 1.165) is 57.5 Å². The molecular weight excluding hydrogens is 364 g/mol. The zero-order valence-electron chi connectivity index (χ0n) is 18.8. The first-order valence-electron chi connectivity index (χ1n) is 11.2. The van der Waals surface area contributed by atoms with Crippen molar-refractivity contribution in [3.05, 3.63) is 29.3 Å². The van der Waals surface area contributed by atoms with Gasteiger partial charge in [0, 0.05) is 11.5 Å². The molecule has 2 fully saturated rings. The number of aryl methyl sites for hydroxylation is 1. The van der Waals surface area contributed by atoms with Crippen molar-refractivity contribution in [3.63, 3.8) is 0 Å². The van der Waals surface area contributed by atoms with Crippen molar-refractivity contribution in [2.75, 3.05) is 33.8 Å². The molecule has 0 aromatic heterocycles. The number of carboxylic acids is 1. The van der Waals surface area contributed by atoms with Gasteiger partial charge in [-0.05, 0) is 94.9 Å². The number of methoxy groups -OCH3 is 1. The van der Waals surface area contributed by atoms with Crippen LogP contribution in [0.4, 0.5) is 0 Å². The summed E-state index contributed by atoms with van der Waals surface area (Å²) in [5, 5.41) is 9.62. The molecule has 2 aliphatic rings. The van der Waals surface area contributed by atoms with Gasteiger partial charge in [-0.15, -0.1) is 0 Å². The van der Waals surface area contributed by atoms with Gasteiger partial charge in [0.1, 0.15) is 11.8 Å². The summed E-state index contributed by atoms with van der Waals surface area (Å²) < 4.78 is 5.60. The minimum absolute atomic E-state index is 0.0391. The first-order valence-corrected chi connectivity index (χ1v) is 11.2. The smallest absolute Gasteiger partial charge is 0.320 e. The molecule has 29 heavy (non-hydrogen) atoms. The molecule has 0 spiro atoms. The summed E-state index contributed by atoms with van der Waals surface area (Å²) in [6, 6.07) is 6.71. The van der Waals surface area contributed by atoms with Gasteiger partial charge in [-0.2, -0.15) is 0 Å². The summed E-state index contributed by atoms with van der Waals surface area (Å²) >= 11 is 0. The lowest BCUT2D eigenvalue weighted by molar-refractivity contribution is -0.142. The number of piperidine rings is 1. The van der Waals surface area contributed by atoms with Crippen LogP contribution in [0.25, 0.3) is 0 Å². The molecule has 0 aliphatic carbocycles. The van der Waals surface area contributed by atoms with E-state index >= 15 is 0 Å². The number of nitrogens with zero attached hydrogens (tertiary/aromatic N) is 2. The molecule has 1 aromatic carbocycles. The second kappa shape index (κ2) is 9.05. The van der Waals surface area contributed by atoms with E-state index in [1.165, 1.54) is 11.1 Å². The fraction of sp³-hybridized carbons (Fsp3) is 0.708. The number of hydrogen-bond acceptors (Lipinski definition) is 4. The molecule has 162 valence electrons. The summed E-state index contributed by atoms with van der Waals surface area (Å²) in [7, 11) is 3.96. The van der Waals surface area contributed by atoms with Gasteiger partial charge < -0.3 is 14.7 Å². The minimum atomic E-state index is -0.669. The minimum Gasteiger partial charge on any atom is -0.497 e. The van der Waals surface area contributed by atoms with Crippen LogP contribution in [0.15, 0.2) is 18.2 Å². The SMILES string of the molecule is CCc1ccc(OC)cc1C1(CCN2CCC[C@@H]2C(=O)O)CCN(C)C(C)[C@@H]1C. The van der Waals surface area contributed by atoms with Crippen LogP contribution in [0.2, 0.25) is 0 Å². The highest BCUT2D eigenvalue weighted by atomic mass is 16.5. The van der Waals surface area contributed by atoms with E-state index in [-0.39, 0.29) is 11.5 Å². The van der Waals surface area contributed by atoms with Gasteiger partial charge in [0.15, 0.2) is 0 Å². The fourth-order valence-corrected chi connectivity index (χ4v) is 5.69. The molecule has 1 N–H and O–H groups in total. The van der Waals surface area contributed by atoms with Crippen LogP contribution < -0.4 is 4.74 Å². The Morgan fingerprint density at radius 2 is 2.07 bits per heavy atom. The lowest BCUT2D eigenvalue weighted by Crippen LogP contribution is -2.54. The van der Waals surface area contributed by atoms with Crippen LogP contribution in [0.5, 0.6) is 5.75 Å². The lowest BCUT2D eigenvalue weighted by atomic mass is 9.61. The van der Waals surface area contributed by atoms with Gasteiger partial charge in [0.2, 0.25) is 0 Å². The van der Waals surface area contributed by atoms with Gasteiger partial charge >= 0.3 is 5.97 Å². The summed E-state index contributed by atoms with van der Waals surface area (Å²) in [5.41, 5.74) is 2.85. The summed E-state index contributed by atoms with van der Waals surface area (Å²) in [6.07, 6.45) is 4.85. The Bertz CT molecular complexity index is 722. The molecule has 5 nitrogen and oxygen atoms in total. The molecule has 5 heteroatoms. The van der Waals surface area contributed by atoms with Crippen molar-refractivity contribution >= 4 is 5.97 Å². The molecule has 1 aromatic rings. The third kappa shape index (κ3) is 4.17. The van der Waals surface area contributed by atoms with E-state index in [0.29, 0.717) is 12.0 Å². The molecule has 0 bridgehead atoms. The Balaban J connectivity index is 1.98. The van der Waals surface area contributed by atoms with E-state index in [4.69, 9.17) is 4.74 Å². The number of carboxylic acid groups (broad SMARTS) is 1. The number of hydrogen-bond donors (Lipinski definition) is 1. The number of likely N-dealkylation sites (tertiary alicyclic amines) is 2. The molecule has 0 radical (unpaired) electrons. The molecule has 0 amide bonds. The normalized spacial score (nSPS) is 31.1. The maximum atomic E-state index is 11.7. The molecule has 4 atom stereocenters. The number of rotatable bonds is 7. The quantitative estimate of drug-likeness (QED) is 0.752. The van der Waals surface area contributed by atoms with Crippen molar-refractivity contribution in [1.29, 1.82) is 0 Å². The maximum absolute atomic E-state index is 11.7. The molecule has 2 unspecified atom stereocenters. The summed E-state index contributed by atoms with van der Waals surface area (Å²) in [5.74, 6) is 0.724. The van der Waals surface area contributed by atoms with Crippen molar-refractivity contribution < 1.29 is 14.6 Å². The largest absolute Gasteiger partial charge is 0.497 e. The van der Waals surface area contributed by atoms with Crippen molar-refractivity contribution in [3.8, 4) is 5.75 Å². The van der Waals surface area contributed by atoms with Crippen LogP contribution in [-0.2, 0) is 16.6 Å². The number of carbonyl (C=O) groups is 1. The topological polar surface area (TPSA) is 53.0 Å². The number of ether oxygens (including phenoxy) is 1. The van der Waals surface area contributed by atoms with Gasteiger partial charge in [-0.1, -0.05) is 19.9 Å². The molecule has 2 aliphatic heterocycles. The van der Waals surface area contributed by atoms with Crippen molar-refractivity contribution in [2.24, 2.45) is 5.92 Å². The Labute approximate surface area is 176 Å². The third-order valence-electron chi connectivity index (χ3n) is 7.93. The molecular formula is C24H38N2O3. The monoisotopic (exact) mass is 402 g/mol. The van der Waals surface area contributed by atoms with E-state index < -0.39 is 5.97 Å².